The lowest BCUT2D eigenvalue weighted by molar-refractivity contribution is -0.108. The number of hydrogen-bond acceptors (Lipinski definition) is 5. The van der Waals surface area contributed by atoms with E-state index in [9.17, 15) is 9.59 Å². The minimum absolute atomic E-state index is 0.0344. The molecule has 3 rings (SSSR count). The molecule has 0 bridgehead atoms. The molecule has 2 fully saturated rings. The van der Waals surface area contributed by atoms with Gasteiger partial charge in [0.05, 0.1) is 12.2 Å². The number of rotatable bonds is 5. The van der Waals surface area contributed by atoms with Crippen LogP contribution >= 0.6 is 0 Å². The zero-order valence-electron chi connectivity index (χ0n) is 14.4. The molecule has 24 heavy (non-hydrogen) atoms. The van der Waals surface area contributed by atoms with Crippen molar-refractivity contribution in [2.24, 2.45) is 5.92 Å². The first kappa shape index (κ1) is 16.7. The van der Waals surface area contributed by atoms with E-state index in [1.54, 1.807) is 17.3 Å². The molecular weight excluding hydrogens is 308 g/mol. The van der Waals surface area contributed by atoms with Gasteiger partial charge in [0, 0.05) is 18.7 Å². The topological polar surface area (TPSA) is 68.7 Å². The molecule has 2 aliphatic rings. The van der Waals surface area contributed by atoms with Gasteiger partial charge in [-0.1, -0.05) is 0 Å². The Kier molecular flexibility index (Phi) is 4.47. The fourth-order valence-corrected chi connectivity index (χ4v) is 2.83. The van der Waals surface area contributed by atoms with Crippen LogP contribution in [0.25, 0.3) is 0 Å². The quantitative estimate of drug-likeness (QED) is 0.776. The van der Waals surface area contributed by atoms with Gasteiger partial charge in [0.15, 0.2) is 0 Å². The normalized spacial score (nSPS) is 25.6. The second-order valence-electron chi connectivity index (χ2n) is 7.52. The average Bonchev–Trinajstić information content (AvgIpc) is 3.24. The highest BCUT2D eigenvalue weighted by Gasteiger charge is 2.39. The number of nitrogens with zero attached hydrogens (tertiary/aromatic N) is 2. The van der Waals surface area contributed by atoms with Crippen molar-refractivity contribution < 1.29 is 19.1 Å². The minimum atomic E-state index is -0.490. The number of carbonyl (C=O) groups is 2. The van der Waals surface area contributed by atoms with Crippen molar-refractivity contribution in [1.82, 2.24) is 9.88 Å². The highest BCUT2D eigenvalue weighted by atomic mass is 16.6. The summed E-state index contributed by atoms with van der Waals surface area (Å²) in [6, 6.07) is 1.98. The molecule has 6 nitrogen and oxygen atoms in total. The summed E-state index contributed by atoms with van der Waals surface area (Å²) in [5.41, 5.74) is 0.553. The SMILES string of the molecule is CC(C)(C)OC(=O)N1CC[C@H]1COc1cncc([C@H]2C[C@H]2C=O)c1. The Bertz CT molecular complexity index is 626. The van der Waals surface area contributed by atoms with Crippen molar-refractivity contribution in [3.63, 3.8) is 0 Å². The van der Waals surface area contributed by atoms with Crippen LogP contribution in [-0.2, 0) is 9.53 Å². The van der Waals surface area contributed by atoms with Gasteiger partial charge in [-0.2, -0.15) is 0 Å². The summed E-state index contributed by atoms with van der Waals surface area (Å²) in [6.45, 7) is 6.70. The number of carbonyl (C=O) groups excluding carboxylic acids is 2. The maximum Gasteiger partial charge on any atom is 0.410 e. The first-order valence-electron chi connectivity index (χ1n) is 8.40. The third-order valence-electron chi connectivity index (χ3n) is 4.39. The molecule has 1 aliphatic carbocycles. The molecule has 0 unspecified atom stereocenters. The summed E-state index contributed by atoms with van der Waals surface area (Å²) in [6.07, 6.45) is 5.97. The highest BCUT2D eigenvalue weighted by molar-refractivity contribution is 5.69. The summed E-state index contributed by atoms with van der Waals surface area (Å²) in [5.74, 6) is 1.08. The van der Waals surface area contributed by atoms with Crippen molar-refractivity contribution in [3.05, 3.63) is 24.0 Å². The Hall–Kier alpha value is -2.11. The number of likely N-dealkylation sites (tertiary alicyclic amines) is 1. The van der Waals surface area contributed by atoms with Gasteiger partial charge >= 0.3 is 6.09 Å². The van der Waals surface area contributed by atoms with E-state index < -0.39 is 5.60 Å². The largest absolute Gasteiger partial charge is 0.490 e. The van der Waals surface area contributed by atoms with E-state index in [4.69, 9.17) is 9.47 Å². The number of ether oxygens (including phenoxy) is 2. The molecule has 130 valence electrons. The fraction of sp³-hybridized carbons (Fsp3) is 0.611. The van der Waals surface area contributed by atoms with Gasteiger partial charge in [-0.3, -0.25) is 4.98 Å². The standard InChI is InChI=1S/C18H24N2O4/c1-18(2,3)24-17(22)20-5-4-14(20)11-23-15-6-12(8-19-9-15)16-7-13(16)10-21/h6,8-10,13-14,16H,4-5,7,11H2,1-3H3/t13-,14-,16+/m0/s1. The number of pyridine rings is 1. The van der Waals surface area contributed by atoms with Gasteiger partial charge < -0.3 is 19.2 Å². The van der Waals surface area contributed by atoms with Gasteiger partial charge in [0.1, 0.15) is 24.2 Å². The second kappa shape index (κ2) is 6.42. The smallest absolute Gasteiger partial charge is 0.410 e. The molecule has 1 saturated heterocycles. The van der Waals surface area contributed by atoms with E-state index in [1.807, 2.05) is 26.8 Å². The average molecular weight is 332 g/mol. The molecule has 0 radical (unpaired) electrons. The van der Waals surface area contributed by atoms with E-state index in [2.05, 4.69) is 4.98 Å². The van der Waals surface area contributed by atoms with Gasteiger partial charge in [0.25, 0.3) is 0 Å². The summed E-state index contributed by atoms with van der Waals surface area (Å²) >= 11 is 0. The van der Waals surface area contributed by atoms with Crippen LogP contribution in [0.1, 0.15) is 45.1 Å². The maximum absolute atomic E-state index is 12.1. The first-order valence-corrected chi connectivity index (χ1v) is 8.40. The predicted molar refractivity (Wildman–Crippen MR) is 88.0 cm³/mol. The van der Waals surface area contributed by atoms with E-state index >= 15 is 0 Å². The Morgan fingerprint density at radius 3 is 2.79 bits per heavy atom. The lowest BCUT2D eigenvalue weighted by Crippen LogP contribution is -2.55. The van der Waals surface area contributed by atoms with Gasteiger partial charge in [-0.15, -0.1) is 0 Å². The first-order chi connectivity index (χ1) is 11.4. The molecule has 3 atom stereocenters. The van der Waals surface area contributed by atoms with Gasteiger partial charge in [-0.25, -0.2) is 4.79 Å². The van der Waals surface area contributed by atoms with Crippen LogP contribution in [0, 0.1) is 5.92 Å². The Balaban J connectivity index is 1.52. The van der Waals surface area contributed by atoms with Crippen LogP contribution in [-0.4, -0.2) is 47.1 Å². The monoisotopic (exact) mass is 332 g/mol. The number of amides is 1. The Labute approximate surface area is 142 Å². The Morgan fingerprint density at radius 1 is 1.42 bits per heavy atom. The van der Waals surface area contributed by atoms with Gasteiger partial charge in [-0.05, 0) is 51.2 Å². The fourth-order valence-electron chi connectivity index (χ4n) is 2.83. The van der Waals surface area contributed by atoms with Crippen molar-refractivity contribution in [2.75, 3.05) is 13.2 Å². The van der Waals surface area contributed by atoms with E-state index in [0.29, 0.717) is 18.9 Å². The second-order valence-corrected chi connectivity index (χ2v) is 7.52. The predicted octanol–water partition coefficient (Wildman–Crippen LogP) is 2.77. The van der Waals surface area contributed by atoms with Crippen molar-refractivity contribution in [2.45, 2.75) is 51.2 Å². The van der Waals surface area contributed by atoms with Gasteiger partial charge in [0.2, 0.25) is 0 Å². The van der Waals surface area contributed by atoms with Crippen LogP contribution in [0.4, 0.5) is 4.79 Å². The molecule has 1 aromatic heterocycles. The summed E-state index contributed by atoms with van der Waals surface area (Å²) in [5, 5.41) is 0. The lowest BCUT2D eigenvalue weighted by Gasteiger charge is -2.40. The maximum atomic E-state index is 12.1. The molecule has 0 spiro atoms. The summed E-state index contributed by atoms with van der Waals surface area (Å²) in [7, 11) is 0. The molecule has 0 N–H and O–H groups in total. The Morgan fingerprint density at radius 2 is 2.21 bits per heavy atom. The molecule has 1 amide bonds. The molecule has 1 aromatic rings. The third-order valence-corrected chi connectivity index (χ3v) is 4.39. The zero-order valence-corrected chi connectivity index (χ0v) is 14.4. The highest BCUT2D eigenvalue weighted by Crippen LogP contribution is 2.46. The zero-order chi connectivity index (χ0) is 17.3. The number of aldehydes is 1. The number of aromatic nitrogens is 1. The summed E-state index contributed by atoms with van der Waals surface area (Å²) < 4.78 is 11.2. The minimum Gasteiger partial charge on any atom is -0.490 e. The molecule has 2 heterocycles. The van der Waals surface area contributed by atoms with E-state index in [1.165, 1.54) is 0 Å². The van der Waals surface area contributed by atoms with E-state index in [-0.39, 0.29) is 24.0 Å². The van der Waals surface area contributed by atoms with Crippen molar-refractivity contribution in [3.8, 4) is 5.75 Å². The van der Waals surface area contributed by atoms with Crippen LogP contribution in [0.3, 0.4) is 0 Å². The van der Waals surface area contributed by atoms with Crippen LogP contribution < -0.4 is 4.74 Å². The number of hydrogen-bond donors (Lipinski definition) is 0. The van der Waals surface area contributed by atoms with Crippen LogP contribution in [0.5, 0.6) is 5.75 Å². The molecule has 1 saturated carbocycles. The molecule has 0 aromatic carbocycles. The lowest BCUT2D eigenvalue weighted by atomic mass is 10.1. The van der Waals surface area contributed by atoms with Crippen molar-refractivity contribution in [1.29, 1.82) is 0 Å². The van der Waals surface area contributed by atoms with E-state index in [0.717, 1.165) is 24.7 Å². The van der Waals surface area contributed by atoms with Crippen LogP contribution in [0.2, 0.25) is 0 Å². The molecular formula is C18H24N2O4. The molecule has 6 heteroatoms. The molecule has 1 aliphatic heterocycles. The summed E-state index contributed by atoms with van der Waals surface area (Å²) in [4.78, 5) is 28.8. The van der Waals surface area contributed by atoms with Crippen molar-refractivity contribution >= 4 is 12.4 Å². The van der Waals surface area contributed by atoms with Crippen LogP contribution in [0.15, 0.2) is 18.5 Å². The third kappa shape index (κ3) is 3.86.